The molecule has 2 heterocycles. The van der Waals surface area contributed by atoms with Crippen molar-refractivity contribution in [3.05, 3.63) is 17.0 Å². The third-order valence-corrected chi connectivity index (χ3v) is 5.60. The average Bonchev–Trinajstić information content (AvgIpc) is 2.96. The molecule has 0 spiro atoms. The first-order valence-corrected chi connectivity index (χ1v) is 10.8. The average molecular weight is 521 g/mol. The van der Waals surface area contributed by atoms with Crippen molar-refractivity contribution < 1.29 is 4.74 Å². The lowest BCUT2D eigenvalue weighted by atomic mass is 9.99. The molecule has 0 aliphatic carbocycles. The second-order valence-corrected chi connectivity index (χ2v) is 7.86. The number of aromatic nitrogens is 2. The quantitative estimate of drug-likeness (QED) is 0.215. The highest BCUT2D eigenvalue weighted by molar-refractivity contribution is 14.0. The van der Waals surface area contributed by atoms with Crippen molar-refractivity contribution in [1.29, 1.82) is 0 Å². The van der Waals surface area contributed by atoms with Crippen molar-refractivity contribution in [3.63, 3.8) is 0 Å². The van der Waals surface area contributed by atoms with E-state index in [2.05, 4.69) is 48.3 Å². The van der Waals surface area contributed by atoms with Gasteiger partial charge in [-0.3, -0.25) is 4.68 Å². The number of rotatable bonds is 10. The van der Waals surface area contributed by atoms with E-state index in [1.807, 2.05) is 4.68 Å². The Hall–Kier alpha value is -0.870. The summed E-state index contributed by atoms with van der Waals surface area (Å²) in [6.07, 6.45) is 3.83. The molecule has 7 nitrogen and oxygen atoms in total. The first-order valence-electron chi connectivity index (χ1n) is 10.8. The van der Waals surface area contributed by atoms with Crippen molar-refractivity contribution in [2.45, 2.75) is 60.0 Å². The molecule has 1 aliphatic heterocycles. The van der Waals surface area contributed by atoms with Crippen LogP contribution in [0.3, 0.4) is 0 Å². The lowest BCUT2D eigenvalue weighted by Crippen LogP contribution is -2.39. The van der Waals surface area contributed by atoms with Gasteiger partial charge in [-0.1, -0.05) is 6.92 Å². The summed E-state index contributed by atoms with van der Waals surface area (Å²) in [5.74, 6) is 1.78. The third-order valence-electron chi connectivity index (χ3n) is 5.60. The van der Waals surface area contributed by atoms with Gasteiger partial charge in [-0.05, 0) is 65.6 Å². The maximum absolute atomic E-state index is 5.17. The van der Waals surface area contributed by atoms with Crippen LogP contribution in [0.2, 0.25) is 0 Å². The molecule has 1 saturated heterocycles. The molecule has 1 fully saturated rings. The Labute approximate surface area is 194 Å². The number of methoxy groups -OCH3 is 1. The number of nitrogens with one attached hydrogen (secondary N) is 2. The highest BCUT2D eigenvalue weighted by atomic mass is 127. The minimum absolute atomic E-state index is 0. The predicted octanol–water partition coefficient (Wildman–Crippen LogP) is 2.94. The molecule has 2 rings (SSSR count). The summed E-state index contributed by atoms with van der Waals surface area (Å²) in [6.45, 7) is 16.2. The topological polar surface area (TPSA) is 66.7 Å². The van der Waals surface area contributed by atoms with Gasteiger partial charge in [-0.25, -0.2) is 4.99 Å². The summed E-state index contributed by atoms with van der Waals surface area (Å²) in [6, 6.07) is 0. The Kier molecular flexibility index (Phi) is 12.8. The van der Waals surface area contributed by atoms with E-state index in [0.717, 1.165) is 43.6 Å². The minimum atomic E-state index is 0. The van der Waals surface area contributed by atoms with Gasteiger partial charge in [-0.2, -0.15) is 5.10 Å². The predicted molar refractivity (Wildman–Crippen MR) is 131 cm³/mol. The fourth-order valence-electron chi connectivity index (χ4n) is 3.65. The molecule has 2 N–H and O–H groups in total. The largest absolute Gasteiger partial charge is 0.383 e. The number of hydrogen-bond acceptors (Lipinski definition) is 4. The van der Waals surface area contributed by atoms with E-state index in [-0.39, 0.29) is 24.0 Å². The van der Waals surface area contributed by atoms with Crippen LogP contribution in [0.5, 0.6) is 0 Å². The molecule has 29 heavy (non-hydrogen) atoms. The molecule has 0 radical (unpaired) electrons. The molecule has 168 valence electrons. The number of halogens is 1. The Morgan fingerprint density at radius 1 is 1.21 bits per heavy atom. The number of guanidine groups is 1. The molecule has 0 saturated carbocycles. The second kappa shape index (κ2) is 14.2. The van der Waals surface area contributed by atoms with Crippen LogP contribution in [0.4, 0.5) is 0 Å². The van der Waals surface area contributed by atoms with Crippen LogP contribution in [0.15, 0.2) is 4.99 Å². The smallest absolute Gasteiger partial charge is 0.191 e. The normalized spacial score (nSPS) is 16.0. The van der Waals surface area contributed by atoms with Gasteiger partial charge < -0.3 is 20.3 Å². The molecule has 1 aromatic rings. The van der Waals surface area contributed by atoms with E-state index in [0.29, 0.717) is 13.2 Å². The van der Waals surface area contributed by atoms with Gasteiger partial charge >= 0.3 is 0 Å². The van der Waals surface area contributed by atoms with Gasteiger partial charge in [0.1, 0.15) is 0 Å². The Balaban J connectivity index is 0.00000420. The Morgan fingerprint density at radius 2 is 1.93 bits per heavy atom. The molecule has 8 heteroatoms. The second-order valence-electron chi connectivity index (χ2n) is 7.86. The summed E-state index contributed by atoms with van der Waals surface area (Å²) in [5.41, 5.74) is 3.43. The van der Waals surface area contributed by atoms with E-state index in [1.165, 1.54) is 43.7 Å². The van der Waals surface area contributed by atoms with Gasteiger partial charge in [0, 0.05) is 31.5 Å². The lowest BCUT2D eigenvalue weighted by molar-refractivity contribution is 0.182. The SMILES string of the molecule is CCNC(=NCc1c(C)nn(CCOC)c1C)NCCCN1CCC(C)CC1.I. The Bertz CT molecular complexity index is 611. The fraction of sp³-hybridized carbons (Fsp3) is 0.810. The number of hydrogen-bond donors (Lipinski definition) is 2. The summed E-state index contributed by atoms with van der Waals surface area (Å²) in [4.78, 5) is 7.38. The van der Waals surface area contributed by atoms with E-state index in [1.54, 1.807) is 7.11 Å². The number of aryl methyl sites for hydroxylation is 1. The zero-order chi connectivity index (χ0) is 20.4. The zero-order valence-electron chi connectivity index (χ0n) is 19.0. The summed E-state index contributed by atoms with van der Waals surface area (Å²) in [5, 5.41) is 11.5. The van der Waals surface area contributed by atoms with Crippen LogP contribution in [0, 0.1) is 19.8 Å². The number of ether oxygens (including phenoxy) is 1. The molecule has 0 amide bonds. The van der Waals surface area contributed by atoms with Crippen molar-refractivity contribution in [2.24, 2.45) is 10.9 Å². The van der Waals surface area contributed by atoms with Gasteiger partial charge in [-0.15, -0.1) is 24.0 Å². The first kappa shape index (κ1) is 26.2. The molecule has 0 atom stereocenters. The van der Waals surface area contributed by atoms with Crippen LogP contribution >= 0.6 is 24.0 Å². The van der Waals surface area contributed by atoms with Crippen molar-refractivity contribution in [3.8, 4) is 0 Å². The molecule has 1 aromatic heterocycles. The standard InChI is InChI=1S/C21H40N6O.HI/c1-6-22-21(23-10-7-11-26-12-8-17(2)9-13-26)24-16-20-18(3)25-27(19(20)4)14-15-28-5;/h17H,6-16H2,1-5H3,(H2,22,23,24);1H. The van der Waals surface area contributed by atoms with Crippen LogP contribution in [0.25, 0.3) is 0 Å². The highest BCUT2D eigenvalue weighted by Gasteiger charge is 2.15. The number of piperidine rings is 1. The first-order chi connectivity index (χ1) is 13.5. The zero-order valence-corrected chi connectivity index (χ0v) is 21.3. The van der Waals surface area contributed by atoms with Crippen molar-refractivity contribution >= 4 is 29.9 Å². The summed E-state index contributed by atoms with van der Waals surface area (Å²) < 4.78 is 7.19. The maximum Gasteiger partial charge on any atom is 0.191 e. The van der Waals surface area contributed by atoms with E-state index in [4.69, 9.17) is 9.73 Å². The van der Waals surface area contributed by atoms with Crippen molar-refractivity contribution in [1.82, 2.24) is 25.3 Å². The lowest BCUT2D eigenvalue weighted by Gasteiger charge is -2.30. The molecular formula is C21H41IN6O. The molecule has 0 unspecified atom stereocenters. The van der Waals surface area contributed by atoms with Gasteiger partial charge in [0.2, 0.25) is 0 Å². The number of aliphatic imine (C=N–C) groups is 1. The molecule has 0 aromatic carbocycles. The van der Waals surface area contributed by atoms with Gasteiger partial charge in [0.15, 0.2) is 5.96 Å². The monoisotopic (exact) mass is 520 g/mol. The fourth-order valence-corrected chi connectivity index (χ4v) is 3.65. The van der Waals surface area contributed by atoms with E-state index < -0.39 is 0 Å². The van der Waals surface area contributed by atoms with Gasteiger partial charge in [0.25, 0.3) is 0 Å². The van der Waals surface area contributed by atoms with Crippen LogP contribution in [0.1, 0.15) is 50.1 Å². The van der Waals surface area contributed by atoms with Gasteiger partial charge in [0.05, 0.1) is 25.4 Å². The summed E-state index contributed by atoms with van der Waals surface area (Å²) in [7, 11) is 1.72. The summed E-state index contributed by atoms with van der Waals surface area (Å²) >= 11 is 0. The van der Waals surface area contributed by atoms with Crippen LogP contribution in [-0.2, 0) is 17.8 Å². The third kappa shape index (κ3) is 8.80. The minimum Gasteiger partial charge on any atom is -0.383 e. The molecular weight excluding hydrogens is 479 g/mol. The molecule has 1 aliphatic rings. The van der Waals surface area contributed by atoms with E-state index >= 15 is 0 Å². The number of nitrogens with zero attached hydrogens (tertiary/aromatic N) is 4. The van der Waals surface area contributed by atoms with Crippen molar-refractivity contribution in [2.75, 3.05) is 46.4 Å². The highest BCUT2D eigenvalue weighted by Crippen LogP contribution is 2.16. The van der Waals surface area contributed by atoms with E-state index in [9.17, 15) is 0 Å². The number of likely N-dealkylation sites (tertiary alicyclic amines) is 1. The molecule has 0 bridgehead atoms. The van der Waals surface area contributed by atoms with Crippen LogP contribution < -0.4 is 10.6 Å². The van der Waals surface area contributed by atoms with Crippen LogP contribution in [-0.4, -0.2) is 67.1 Å². The maximum atomic E-state index is 5.17. The Morgan fingerprint density at radius 3 is 2.59 bits per heavy atom.